The largest absolute Gasteiger partial charge is 0.298 e. The van der Waals surface area contributed by atoms with Crippen LogP contribution in [0.2, 0.25) is 0 Å². The van der Waals surface area contributed by atoms with Gasteiger partial charge in [0.25, 0.3) is 5.91 Å². The first-order valence-corrected chi connectivity index (χ1v) is 13.4. The van der Waals surface area contributed by atoms with E-state index in [0.717, 1.165) is 41.5 Å². The van der Waals surface area contributed by atoms with Crippen LogP contribution < -0.4 is 5.32 Å². The zero-order valence-electron chi connectivity index (χ0n) is 18.7. The summed E-state index contributed by atoms with van der Waals surface area (Å²) in [7, 11) is -3.59. The predicted molar refractivity (Wildman–Crippen MR) is 130 cm³/mol. The van der Waals surface area contributed by atoms with E-state index in [4.69, 9.17) is 0 Å². The zero-order chi connectivity index (χ0) is 22.9. The van der Waals surface area contributed by atoms with Crippen molar-refractivity contribution >= 4 is 42.6 Å². The van der Waals surface area contributed by atoms with E-state index in [1.807, 2.05) is 19.9 Å². The molecule has 3 aromatic rings. The second-order valence-electron chi connectivity index (χ2n) is 8.40. The Hall–Kier alpha value is -2.29. The highest BCUT2D eigenvalue weighted by molar-refractivity contribution is 7.89. The molecule has 170 valence electrons. The molecule has 6 nitrogen and oxygen atoms in total. The van der Waals surface area contributed by atoms with Crippen LogP contribution >= 0.6 is 11.3 Å². The number of nitrogens with zero attached hydrogens (tertiary/aromatic N) is 2. The van der Waals surface area contributed by atoms with Crippen molar-refractivity contribution in [1.82, 2.24) is 9.29 Å². The lowest BCUT2D eigenvalue weighted by atomic mass is 9.95. The van der Waals surface area contributed by atoms with Crippen molar-refractivity contribution in [3.63, 3.8) is 0 Å². The van der Waals surface area contributed by atoms with Gasteiger partial charge in [0.05, 0.1) is 15.1 Å². The summed E-state index contributed by atoms with van der Waals surface area (Å²) in [4.78, 5) is 17.5. The molecule has 1 aromatic heterocycles. The molecular weight excluding hydrogens is 442 g/mol. The van der Waals surface area contributed by atoms with E-state index in [2.05, 4.69) is 23.3 Å². The maximum atomic E-state index is 13.2. The van der Waals surface area contributed by atoms with Crippen molar-refractivity contribution in [3.8, 4) is 0 Å². The van der Waals surface area contributed by atoms with Crippen molar-refractivity contribution in [2.75, 3.05) is 11.9 Å². The minimum Gasteiger partial charge on any atom is -0.298 e. The number of hydrogen-bond acceptors (Lipinski definition) is 5. The summed E-state index contributed by atoms with van der Waals surface area (Å²) in [6.45, 7) is 6.42. The summed E-state index contributed by atoms with van der Waals surface area (Å²) >= 11 is 1.43. The molecule has 0 bridgehead atoms. The van der Waals surface area contributed by atoms with Crippen LogP contribution in [0.5, 0.6) is 0 Å². The fraction of sp³-hybridized carbons (Fsp3) is 0.417. The van der Waals surface area contributed by atoms with Crippen LogP contribution in [-0.2, 0) is 10.0 Å². The normalized spacial score (nSPS) is 15.4. The van der Waals surface area contributed by atoms with Gasteiger partial charge in [0, 0.05) is 18.2 Å². The first-order chi connectivity index (χ1) is 15.3. The first kappa shape index (κ1) is 22.9. The van der Waals surface area contributed by atoms with Gasteiger partial charge in [-0.05, 0) is 74.2 Å². The smallest absolute Gasteiger partial charge is 0.257 e. The van der Waals surface area contributed by atoms with Crippen LogP contribution in [0.4, 0.5) is 5.13 Å². The molecule has 1 aliphatic carbocycles. The highest BCUT2D eigenvalue weighted by Gasteiger charge is 2.31. The molecule has 0 aliphatic heterocycles. The van der Waals surface area contributed by atoms with E-state index >= 15 is 0 Å². The zero-order valence-corrected chi connectivity index (χ0v) is 20.4. The molecule has 8 heteroatoms. The first-order valence-electron chi connectivity index (χ1n) is 11.1. The van der Waals surface area contributed by atoms with E-state index in [1.54, 1.807) is 16.4 Å². The maximum absolute atomic E-state index is 13.2. The van der Waals surface area contributed by atoms with Gasteiger partial charge in [-0.1, -0.05) is 37.5 Å². The fourth-order valence-electron chi connectivity index (χ4n) is 4.31. The highest BCUT2D eigenvalue weighted by atomic mass is 32.2. The Labute approximate surface area is 193 Å². The lowest BCUT2D eigenvalue weighted by Crippen LogP contribution is -2.41. The van der Waals surface area contributed by atoms with Gasteiger partial charge in [0.1, 0.15) is 0 Å². The van der Waals surface area contributed by atoms with Crippen LogP contribution in [0.3, 0.4) is 0 Å². The number of carbonyl (C=O) groups is 1. The third-order valence-corrected chi connectivity index (χ3v) is 9.22. The third-order valence-electron chi connectivity index (χ3n) is 6.24. The van der Waals surface area contributed by atoms with Crippen molar-refractivity contribution in [2.24, 2.45) is 0 Å². The summed E-state index contributed by atoms with van der Waals surface area (Å²) in [6.07, 6.45) is 5.14. The molecule has 0 unspecified atom stereocenters. The van der Waals surface area contributed by atoms with Gasteiger partial charge in [0.15, 0.2) is 5.13 Å². The number of nitrogens with one attached hydrogen (secondary N) is 1. The monoisotopic (exact) mass is 471 g/mol. The van der Waals surface area contributed by atoms with E-state index in [0.29, 0.717) is 17.2 Å². The molecule has 1 saturated carbocycles. The second kappa shape index (κ2) is 9.29. The number of amides is 1. The summed E-state index contributed by atoms with van der Waals surface area (Å²) in [6, 6.07) is 10.3. The van der Waals surface area contributed by atoms with Crippen LogP contribution in [0.25, 0.3) is 10.2 Å². The predicted octanol–water partition coefficient (Wildman–Crippen LogP) is 5.51. The molecule has 1 N–H and O–H groups in total. The number of aryl methyl sites for hydroxylation is 2. The number of benzene rings is 2. The minimum absolute atomic E-state index is 0.0630. The molecule has 1 aliphatic rings. The molecule has 0 radical (unpaired) electrons. The van der Waals surface area contributed by atoms with Gasteiger partial charge in [-0.15, -0.1) is 0 Å². The van der Waals surface area contributed by atoms with Gasteiger partial charge < -0.3 is 0 Å². The lowest BCUT2D eigenvalue weighted by molar-refractivity contribution is 0.102. The van der Waals surface area contributed by atoms with E-state index in [1.165, 1.54) is 35.5 Å². The van der Waals surface area contributed by atoms with E-state index in [-0.39, 0.29) is 16.8 Å². The topological polar surface area (TPSA) is 79.4 Å². The third kappa shape index (κ3) is 4.58. The highest BCUT2D eigenvalue weighted by Crippen LogP contribution is 2.30. The van der Waals surface area contributed by atoms with Gasteiger partial charge in [-0.25, -0.2) is 13.4 Å². The summed E-state index contributed by atoms with van der Waals surface area (Å²) in [5.74, 6) is -0.305. The average Bonchev–Trinajstić information content (AvgIpc) is 3.16. The van der Waals surface area contributed by atoms with Gasteiger partial charge in [-0.3, -0.25) is 10.1 Å². The SMILES string of the molecule is CCN(C1CCCCC1)S(=O)(=O)c1ccc(C(=O)Nc2nc3cc(C)c(C)cc3s2)cc1. The molecule has 32 heavy (non-hydrogen) atoms. The Kier molecular flexibility index (Phi) is 6.65. The Morgan fingerprint density at radius 1 is 1.09 bits per heavy atom. The number of fused-ring (bicyclic) bond motifs is 1. The summed E-state index contributed by atoms with van der Waals surface area (Å²) < 4.78 is 29.1. The number of carbonyl (C=O) groups excluding carboxylic acids is 1. The lowest BCUT2D eigenvalue weighted by Gasteiger charge is -2.32. The number of hydrogen-bond donors (Lipinski definition) is 1. The van der Waals surface area contributed by atoms with Crippen molar-refractivity contribution in [3.05, 3.63) is 53.1 Å². The molecule has 2 aromatic carbocycles. The Morgan fingerprint density at radius 3 is 2.41 bits per heavy atom. The summed E-state index contributed by atoms with van der Waals surface area (Å²) in [5.41, 5.74) is 3.60. The quantitative estimate of drug-likeness (QED) is 0.514. The fourth-order valence-corrected chi connectivity index (χ4v) is 6.94. The molecule has 0 spiro atoms. The number of rotatable bonds is 6. The number of aromatic nitrogens is 1. The Bertz CT molecular complexity index is 1190. The van der Waals surface area contributed by atoms with E-state index < -0.39 is 10.0 Å². The molecule has 0 atom stereocenters. The van der Waals surface area contributed by atoms with Crippen molar-refractivity contribution in [1.29, 1.82) is 0 Å². The van der Waals surface area contributed by atoms with Crippen molar-refractivity contribution < 1.29 is 13.2 Å². The summed E-state index contributed by atoms with van der Waals surface area (Å²) in [5, 5.41) is 3.37. The van der Waals surface area contributed by atoms with Gasteiger partial charge >= 0.3 is 0 Å². The van der Waals surface area contributed by atoms with E-state index in [9.17, 15) is 13.2 Å². The Balaban J connectivity index is 1.50. The van der Waals surface area contributed by atoms with Crippen molar-refractivity contribution in [2.45, 2.75) is 63.8 Å². The number of thiazole rings is 1. The van der Waals surface area contributed by atoms with Gasteiger partial charge in [0.2, 0.25) is 10.0 Å². The van der Waals surface area contributed by atoms with Crippen LogP contribution in [0, 0.1) is 13.8 Å². The van der Waals surface area contributed by atoms with Gasteiger partial charge in [-0.2, -0.15) is 4.31 Å². The van der Waals surface area contributed by atoms with Crippen LogP contribution in [0.15, 0.2) is 41.3 Å². The molecule has 1 fully saturated rings. The number of anilines is 1. The average molecular weight is 472 g/mol. The molecule has 1 heterocycles. The molecule has 1 amide bonds. The maximum Gasteiger partial charge on any atom is 0.257 e. The Morgan fingerprint density at radius 2 is 1.75 bits per heavy atom. The van der Waals surface area contributed by atoms with Crippen LogP contribution in [-0.4, -0.2) is 36.2 Å². The van der Waals surface area contributed by atoms with Crippen LogP contribution in [0.1, 0.15) is 60.5 Å². The molecular formula is C24H29N3O3S2. The standard InChI is InChI=1S/C24H29N3O3S2/c1-4-27(19-8-6-5-7-9-19)32(29,30)20-12-10-18(11-13-20)23(28)26-24-25-21-14-16(2)17(3)15-22(21)31-24/h10-15,19H,4-9H2,1-3H3,(H,25,26,28). The second-order valence-corrected chi connectivity index (χ2v) is 11.3. The number of sulfonamides is 1. The minimum atomic E-state index is -3.59. The molecule has 4 rings (SSSR count). The molecule has 0 saturated heterocycles.